The van der Waals surface area contributed by atoms with Crippen molar-refractivity contribution in [3.05, 3.63) is 42.2 Å². The predicted octanol–water partition coefficient (Wildman–Crippen LogP) is 4.62. The Labute approximate surface area is 162 Å². The molecule has 5 nitrogen and oxygen atoms in total. The first kappa shape index (κ1) is 19.6. The highest BCUT2D eigenvalue weighted by Crippen LogP contribution is 2.35. The summed E-state index contributed by atoms with van der Waals surface area (Å²) in [4.78, 5) is 16.1. The lowest BCUT2D eigenvalue weighted by Crippen LogP contribution is -2.22. The number of carbonyl (C=O) groups is 1. The van der Waals surface area contributed by atoms with E-state index in [1.807, 2.05) is 29.0 Å². The number of carbonyl (C=O) groups excluding carboxylic acids is 1. The third kappa shape index (κ3) is 4.96. The molecule has 1 aromatic heterocycles. The van der Waals surface area contributed by atoms with Gasteiger partial charge in [-0.05, 0) is 30.2 Å². The molecule has 0 saturated heterocycles. The number of allylic oxidation sites excluding steroid dienone is 2. The van der Waals surface area contributed by atoms with Gasteiger partial charge in [-0.3, -0.25) is 4.79 Å². The van der Waals surface area contributed by atoms with Crippen LogP contribution in [0.4, 0.5) is 0 Å². The molecular weight excluding hydrogens is 356 g/mol. The first-order valence-electron chi connectivity index (χ1n) is 9.38. The van der Waals surface area contributed by atoms with Gasteiger partial charge >= 0.3 is 0 Å². The molecule has 0 bridgehead atoms. The Morgan fingerprint density at radius 3 is 2.70 bits per heavy atom. The molecule has 0 radical (unpaired) electrons. The summed E-state index contributed by atoms with van der Waals surface area (Å²) in [5, 5.41) is 0. The van der Waals surface area contributed by atoms with E-state index in [-0.39, 0.29) is 5.78 Å². The van der Waals surface area contributed by atoms with Gasteiger partial charge in [0, 0.05) is 44.6 Å². The Bertz CT molecular complexity index is 849. The molecule has 1 heterocycles. The zero-order valence-corrected chi connectivity index (χ0v) is 17.6. The average molecular weight is 385 g/mol. The van der Waals surface area contributed by atoms with Gasteiger partial charge in [0.15, 0.2) is 5.78 Å². The summed E-state index contributed by atoms with van der Waals surface area (Å²) in [6.45, 7) is 8.31. The van der Waals surface area contributed by atoms with E-state index in [0.717, 1.165) is 47.3 Å². The normalized spacial score (nSPS) is 14.5. The Morgan fingerprint density at radius 2 is 2.04 bits per heavy atom. The summed E-state index contributed by atoms with van der Waals surface area (Å²) >= 11 is 0. The van der Waals surface area contributed by atoms with Gasteiger partial charge in [0.05, 0.1) is 7.11 Å². The largest absolute Gasteiger partial charge is 0.496 e. The summed E-state index contributed by atoms with van der Waals surface area (Å²) in [5.41, 5.74) is 3.00. The van der Waals surface area contributed by atoms with Crippen molar-refractivity contribution in [3.8, 4) is 17.1 Å². The van der Waals surface area contributed by atoms with Crippen LogP contribution in [0.3, 0.4) is 0 Å². The molecule has 2 aromatic rings. The number of hydrogen-bond acceptors (Lipinski definition) is 4. The fraction of sp³-hybridized carbons (Fsp3) is 0.429. The number of nitrogens with zero attached hydrogens (tertiary/aromatic N) is 2. The molecule has 0 unspecified atom stereocenters. The van der Waals surface area contributed by atoms with E-state index in [1.54, 1.807) is 19.4 Å². The minimum atomic E-state index is -1.09. The van der Waals surface area contributed by atoms with E-state index >= 15 is 0 Å². The zero-order chi connectivity index (χ0) is 19.4. The van der Waals surface area contributed by atoms with Crippen molar-refractivity contribution in [2.45, 2.75) is 45.3 Å². The maximum Gasteiger partial charge on any atom is 0.156 e. The Morgan fingerprint density at radius 1 is 1.22 bits per heavy atom. The molecule has 144 valence electrons. The van der Waals surface area contributed by atoms with Gasteiger partial charge in [-0.2, -0.15) is 0 Å². The van der Waals surface area contributed by atoms with Gasteiger partial charge in [0.25, 0.3) is 0 Å². The fourth-order valence-electron chi connectivity index (χ4n) is 3.12. The van der Waals surface area contributed by atoms with Crippen molar-refractivity contribution in [1.82, 2.24) is 9.55 Å². The molecule has 1 aliphatic rings. The standard InChI is InChI=1S/C21H28N2O3Si/c1-25-20-14-17(6-8-19(20)16-5-7-18(24)13-16)21-22-9-10-23(21)15-26-11-12-27(2,3)4/h6,8-10,13-14H,5,7,11-12,15H2,1-4H3. The van der Waals surface area contributed by atoms with E-state index in [4.69, 9.17) is 9.47 Å². The maximum absolute atomic E-state index is 11.6. The van der Waals surface area contributed by atoms with Crippen molar-refractivity contribution in [2.24, 2.45) is 0 Å². The number of rotatable bonds is 8. The minimum Gasteiger partial charge on any atom is -0.496 e. The van der Waals surface area contributed by atoms with Crippen LogP contribution in [-0.2, 0) is 16.3 Å². The van der Waals surface area contributed by atoms with Gasteiger partial charge < -0.3 is 14.0 Å². The first-order chi connectivity index (χ1) is 12.9. The van der Waals surface area contributed by atoms with Gasteiger partial charge in [-0.25, -0.2) is 4.98 Å². The Kier molecular flexibility index (Phi) is 5.97. The summed E-state index contributed by atoms with van der Waals surface area (Å²) in [5.74, 6) is 1.80. The molecule has 0 amide bonds. The highest BCUT2D eigenvalue weighted by Gasteiger charge is 2.18. The van der Waals surface area contributed by atoms with Gasteiger partial charge in [-0.15, -0.1) is 0 Å². The number of hydrogen-bond donors (Lipinski definition) is 0. The topological polar surface area (TPSA) is 53.4 Å². The molecule has 27 heavy (non-hydrogen) atoms. The SMILES string of the molecule is COc1cc(-c2nccn2COCC[Si](C)(C)C)ccc1C1=CC(=O)CC1. The molecule has 0 spiro atoms. The second kappa shape index (κ2) is 8.23. The van der Waals surface area contributed by atoms with Crippen LogP contribution in [0.25, 0.3) is 17.0 Å². The van der Waals surface area contributed by atoms with Crippen molar-refractivity contribution in [2.75, 3.05) is 13.7 Å². The summed E-state index contributed by atoms with van der Waals surface area (Å²) in [6.07, 6.45) is 6.80. The molecule has 0 fully saturated rings. The maximum atomic E-state index is 11.6. The van der Waals surface area contributed by atoms with E-state index in [1.165, 1.54) is 0 Å². The van der Waals surface area contributed by atoms with Crippen LogP contribution in [0.5, 0.6) is 5.75 Å². The lowest BCUT2D eigenvalue weighted by Gasteiger charge is -2.16. The van der Waals surface area contributed by atoms with E-state index in [0.29, 0.717) is 13.2 Å². The van der Waals surface area contributed by atoms with Crippen molar-refractivity contribution >= 4 is 19.4 Å². The van der Waals surface area contributed by atoms with Crippen LogP contribution in [0, 0.1) is 0 Å². The van der Waals surface area contributed by atoms with Crippen LogP contribution >= 0.6 is 0 Å². The monoisotopic (exact) mass is 384 g/mol. The Hall–Kier alpha value is -2.18. The third-order valence-corrected chi connectivity index (χ3v) is 6.43. The molecule has 1 aliphatic carbocycles. The molecule has 0 aliphatic heterocycles. The van der Waals surface area contributed by atoms with Crippen LogP contribution < -0.4 is 4.74 Å². The van der Waals surface area contributed by atoms with E-state index in [2.05, 4.69) is 24.6 Å². The number of methoxy groups -OCH3 is 1. The van der Waals surface area contributed by atoms with Crippen molar-refractivity contribution < 1.29 is 14.3 Å². The molecular formula is C21H28N2O3Si. The lowest BCUT2D eigenvalue weighted by atomic mass is 10.0. The quantitative estimate of drug-likeness (QED) is 0.492. The molecule has 6 heteroatoms. The number of ketones is 1. The number of benzene rings is 1. The van der Waals surface area contributed by atoms with Crippen LogP contribution in [0.15, 0.2) is 36.7 Å². The minimum absolute atomic E-state index is 0.183. The molecule has 0 N–H and O–H groups in total. The number of aromatic nitrogens is 2. The second-order valence-electron chi connectivity index (χ2n) is 8.12. The van der Waals surface area contributed by atoms with Gasteiger partial charge in [-0.1, -0.05) is 31.8 Å². The molecule has 3 rings (SSSR count). The van der Waals surface area contributed by atoms with E-state index in [9.17, 15) is 4.79 Å². The Balaban J connectivity index is 1.76. The molecule has 1 aromatic carbocycles. The lowest BCUT2D eigenvalue weighted by molar-refractivity contribution is -0.114. The summed E-state index contributed by atoms with van der Waals surface area (Å²) in [6, 6.07) is 7.18. The van der Waals surface area contributed by atoms with Gasteiger partial charge in [0.1, 0.15) is 18.3 Å². The molecule has 0 saturated carbocycles. The van der Waals surface area contributed by atoms with Crippen LogP contribution in [0.2, 0.25) is 25.7 Å². The first-order valence-corrected chi connectivity index (χ1v) is 13.1. The van der Waals surface area contributed by atoms with Crippen LogP contribution in [-0.4, -0.2) is 37.1 Å². The number of imidazole rings is 1. The van der Waals surface area contributed by atoms with Crippen molar-refractivity contribution in [1.29, 1.82) is 0 Å². The van der Waals surface area contributed by atoms with Crippen molar-refractivity contribution in [3.63, 3.8) is 0 Å². The highest BCUT2D eigenvalue weighted by molar-refractivity contribution is 6.76. The number of ether oxygens (including phenoxy) is 2. The fourth-order valence-corrected chi connectivity index (χ4v) is 3.88. The summed E-state index contributed by atoms with van der Waals surface area (Å²) in [7, 11) is 0.569. The predicted molar refractivity (Wildman–Crippen MR) is 111 cm³/mol. The third-order valence-electron chi connectivity index (χ3n) is 4.72. The van der Waals surface area contributed by atoms with E-state index < -0.39 is 8.07 Å². The zero-order valence-electron chi connectivity index (χ0n) is 16.6. The van der Waals surface area contributed by atoms with Gasteiger partial charge in [0.2, 0.25) is 0 Å². The highest BCUT2D eigenvalue weighted by atomic mass is 28.3. The molecule has 0 atom stereocenters. The second-order valence-corrected chi connectivity index (χ2v) is 13.7. The smallest absolute Gasteiger partial charge is 0.156 e. The average Bonchev–Trinajstić information content (AvgIpc) is 3.26. The van der Waals surface area contributed by atoms with Crippen LogP contribution in [0.1, 0.15) is 18.4 Å². The summed E-state index contributed by atoms with van der Waals surface area (Å²) < 4.78 is 13.5.